The van der Waals surface area contributed by atoms with Gasteiger partial charge in [0, 0.05) is 43.5 Å². The monoisotopic (exact) mass is 358 g/mol. The van der Waals surface area contributed by atoms with Crippen LogP contribution in [0.4, 0.5) is 5.69 Å². The van der Waals surface area contributed by atoms with Gasteiger partial charge in [-0.3, -0.25) is 14.5 Å². The molecule has 0 atom stereocenters. The van der Waals surface area contributed by atoms with Crippen molar-refractivity contribution in [2.75, 3.05) is 58.2 Å². The van der Waals surface area contributed by atoms with Crippen LogP contribution in [0, 0.1) is 0 Å². The normalized spacial score (nSPS) is 20.2. The van der Waals surface area contributed by atoms with Crippen LogP contribution >= 0.6 is 0 Å². The summed E-state index contributed by atoms with van der Waals surface area (Å²) in [6.07, 6.45) is 2.48. The van der Waals surface area contributed by atoms with Crippen LogP contribution in [0.15, 0.2) is 24.3 Å². The molecule has 0 aliphatic carbocycles. The lowest BCUT2D eigenvalue weighted by molar-refractivity contribution is -0.131. The van der Waals surface area contributed by atoms with Gasteiger partial charge in [-0.2, -0.15) is 0 Å². The summed E-state index contributed by atoms with van der Waals surface area (Å²) in [7, 11) is 2.19. The van der Waals surface area contributed by atoms with Gasteiger partial charge in [0.2, 0.25) is 5.91 Å². The summed E-state index contributed by atoms with van der Waals surface area (Å²) < 4.78 is 0. The second kappa shape index (κ2) is 8.64. The quantitative estimate of drug-likeness (QED) is 0.809. The van der Waals surface area contributed by atoms with E-state index in [1.54, 1.807) is 19.1 Å². The molecule has 0 unspecified atom stereocenters. The van der Waals surface area contributed by atoms with Gasteiger partial charge in [0.15, 0.2) is 5.78 Å². The third-order valence-corrected chi connectivity index (χ3v) is 5.61. The predicted octanol–water partition coefficient (Wildman–Crippen LogP) is 1.54. The van der Waals surface area contributed by atoms with Crippen molar-refractivity contribution in [3.63, 3.8) is 0 Å². The summed E-state index contributed by atoms with van der Waals surface area (Å²) >= 11 is 0. The Bertz CT molecular complexity index is 615. The number of rotatable bonds is 5. The molecule has 142 valence electrons. The van der Waals surface area contributed by atoms with Gasteiger partial charge >= 0.3 is 0 Å². The van der Waals surface area contributed by atoms with E-state index in [4.69, 9.17) is 0 Å². The zero-order valence-corrected chi connectivity index (χ0v) is 15.9. The van der Waals surface area contributed by atoms with Crippen molar-refractivity contribution in [1.82, 2.24) is 14.7 Å². The molecule has 0 radical (unpaired) electrons. The molecular weight excluding hydrogens is 328 g/mol. The number of anilines is 1. The fourth-order valence-corrected chi connectivity index (χ4v) is 3.81. The number of Topliss-reactive ketones (excluding diaryl/α,β-unsaturated/α-hetero) is 1. The lowest BCUT2D eigenvalue weighted by Crippen LogP contribution is -2.54. The number of amides is 1. The van der Waals surface area contributed by atoms with Gasteiger partial charge in [0.05, 0.1) is 6.54 Å². The number of nitrogens with one attached hydrogen (secondary N) is 1. The minimum atomic E-state index is 0.0510. The first kappa shape index (κ1) is 18.9. The van der Waals surface area contributed by atoms with Crippen LogP contribution in [0.3, 0.4) is 0 Å². The van der Waals surface area contributed by atoms with E-state index in [9.17, 15) is 9.59 Å². The molecule has 3 rings (SSSR count). The highest BCUT2D eigenvalue weighted by Crippen LogP contribution is 2.17. The Kier molecular flexibility index (Phi) is 6.27. The van der Waals surface area contributed by atoms with Gasteiger partial charge in [-0.05, 0) is 64.2 Å². The topological polar surface area (TPSA) is 55.9 Å². The van der Waals surface area contributed by atoms with Crippen LogP contribution in [0.1, 0.15) is 30.1 Å². The molecule has 1 N–H and O–H groups in total. The summed E-state index contributed by atoms with van der Waals surface area (Å²) in [5.41, 5.74) is 1.56. The van der Waals surface area contributed by atoms with Crippen LogP contribution in [0.5, 0.6) is 0 Å². The highest BCUT2D eigenvalue weighted by Gasteiger charge is 2.27. The van der Waals surface area contributed by atoms with Crippen LogP contribution in [-0.4, -0.2) is 85.3 Å². The Labute approximate surface area is 156 Å². The highest BCUT2D eigenvalue weighted by atomic mass is 16.2. The van der Waals surface area contributed by atoms with Gasteiger partial charge < -0.3 is 15.1 Å². The minimum Gasteiger partial charge on any atom is -0.376 e. The summed E-state index contributed by atoms with van der Waals surface area (Å²) in [5, 5.41) is 3.17. The molecule has 1 amide bonds. The summed E-state index contributed by atoms with van der Waals surface area (Å²) in [4.78, 5) is 30.7. The number of piperidine rings is 1. The van der Waals surface area contributed by atoms with E-state index in [1.807, 2.05) is 17.0 Å². The average Bonchev–Trinajstić information content (AvgIpc) is 2.67. The van der Waals surface area contributed by atoms with E-state index in [-0.39, 0.29) is 11.7 Å². The molecule has 2 saturated heterocycles. The third-order valence-electron chi connectivity index (χ3n) is 5.61. The molecule has 0 spiro atoms. The molecule has 6 heteroatoms. The molecule has 26 heavy (non-hydrogen) atoms. The number of carbonyl (C=O) groups is 2. The molecular formula is C20H30N4O2. The number of benzene rings is 1. The van der Waals surface area contributed by atoms with Crippen LogP contribution in [0.25, 0.3) is 0 Å². The van der Waals surface area contributed by atoms with Gasteiger partial charge in [0.1, 0.15) is 0 Å². The maximum atomic E-state index is 12.5. The Balaban J connectivity index is 1.41. The average molecular weight is 358 g/mol. The number of ketones is 1. The molecule has 2 fully saturated rings. The lowest BCUT2D eigenvalue weighted by atomic mass is 10.0. The molecule has 0 aromatic heterocycles. The molecule has 0 bridgehead atoms. The van der Waals surface area contributed by atoms with Crippen molar-refractivity contribution in [2.24, 2.45) is 0 Å². The molecule has 0 saturated carbocycles. The third kappa shape index (κ3) is 4.83. The summed E-state index contributed by atoms with van der Waals surface area (Å²) in [5.74, 6) is 0.193. The number of hydrogen-bond acceptors (Lipinski definition) is 5. The molecule has 2 heterocycles. The minimum absolute atomic E-state index is 0.0510. The molecule has 2 aliphatic heterocycles. The van der Waals surface area contributed by atoms with E-state index >= 15 is 0 Å². The van der Waals surface area contributed by atoms with E-state index in [2.05, 4.69) is 22.2 Å². The van der Waals surface area contributed by atoms with Gasteiger partial charge in [-0.25, -0.2) is 0 Å². The Hall–Kier alpha value is -1.92. The number of likely N-dealkylation sites (tertiary alicyclic amines) is 1. The summed E-state index contributed by atoms with van der Waals surface area (Å²) in [6.45, 7) is 7.80. The molecule has 2 aliphatic rings. The Morgan fingerprint density at radius 1 is 1.00 bits per heavy atom. The van der Waals surface area contributed by atoms with Crippen molar-refractivity contribution in [3.05, 3.63) is 29.8 Å². The second-order valence-electron chi connectivity index (χ2n) is 7.44. The molecule has 1 aromatic carbocycles. The maximum absolute atomic E-state index is 12.5. The first-order valence-corrected chi connectivity index (χ1v) is 9.58. The van der Waals surface area contributed by atoms with Gasteiger partial charge in [0.25, 0.3) is 0 Å². The fourth-order valence-electron chi connectivity index (χ4n) is 3.81. The largest absolute Gasteiger partial charge is 0.376 e. The van der Waals surface area contributed by atoms with Crippen LogP contribution in [-0.2, 0) is 4.79 Å². The van der Waals surface area contributed by atoms with Crippen LogP contribution in [0.2, 0.25) is 0 Å². The van der Waals surface area contributed by atoms with Gasteiger partial charge in [-0.1, -0.05) is 0 Å². The standard InChI is InChI=1S/C20H30N4O2/c1-16(25)17-3-5-18(6-4-17)21-15-20(26)24-13-11-23(12-14-24)19-7-9-22(2)10-8-19/h3-6,19,21H,7-15H2,1-2H3. The summed E-state index contributed by atoms with van der Waals surface area (Å²) in [6, 6.07) is 7.95. The first-order valence-electron chi connectivity index (χ1n) is 9.58. The fraction of sp³-hybridized carbons (Fsp3) is 0.600. The first-order chi connectivity index (χ1) is 12.5. The smallest absolute Gasteiger partial charge is 0.241 e. The van der Waals surface area contributed by atoms with Crippen molar-refractivity contribution < 1.29 is 9.59 Å². The van der Waals surface area contributed by atoms with E-state index in [1.165, 1.54) is 25.9 Å². The van der Waals surface area contributed by atoms with E-state index in [0.717, 1.165) is 31.9 Å². The Morgan fingerprint density at radius 3 is 2.19 bits per heavy atom. The van der Waals surface area contributed by atoms with Crippen molar-refractivity contribution in [1.29, 1.82) is 0 Å². The number of carbonyl (C=O) groups excluding carboxylic acids is 2. The number of piperazine rings is 1. The zero-order valence-electron chi connectivity index (χ0n) is 15.9. The van der Waals surface area contributed by atoms with Crippen molar-refractivity contribution in [3.8, 4) is 0 Å². The SMILES string of the molecule is CC(=O)c1ccc(NCC(=O)N2CCN(C3CCN(C)CC3)CC2)cc1. The number of hydrogen-bond donors (Lipinski definition) is 1. The second-order valence-corrected chi connectivity index (χ2v) is 7.44. The predicted molar refractivity (Wildman–Crippen MR) is 104 cm³/mol. The van der Waals surface area contributed by atoms with Crippen molar-refractivity contribution >= 4 is 17.4 Å². The lowest BCUT2D eigenvalue weighted by Gasteiger charge is -2.42. The zero-order chi connectivity index (χ0) is 18.5. The van der Waals surface area contributed by atoms with Gasteiger partial charge in [-0.15, -0.1) is 0 Å². The highest BCUT2D eigenvalue weighted by molar-refractivity contribution is 5.94. The Morgan fingerprint density at radius 2 is 1.62 bits per heavy atom. The number of nitrogens with zero attached hydrogens (tertiary/aromatic N) is 3. The molecule has 1 aromatic rings. The maximum Gasteiger partial charge on any atom is 0.241 e. The molecule has 6 nitrogen and oxygen atoms in total. The van der Waals surface area contributed by atoms with Crippen molar-refractivity contribution in [2.45, 2.75) is 25.8 Å². The van der Waals surface area contributed by atoms with Crippen LogP contribution < -0.4 is 5.32 Å². The van der Waals surface area contributed by atoms with E-state index in [0.29, 0.717) is 18.2 Å². The van der Waals surface area contributed by atoms with E-state index < -0.39 is 0 Å².